The third-order valence-electron chi connectivity index (χ3n) is 8.62. The van der Waals surface area contributed by atoms with Crippen LogP contribution in [0.3, 0.4) is 0 Å². The predicted molar refractivity (Wildman–Crippen MR) is 192 cm³/mol. The molecule has 5 heteroatoms. The van der Waals surface area contributed by atoms with Crippen molar-refractivity contribution in [3.05, 3.63) is 151 Å². The van der Waals surface area contributed by atoms with Gasteiger partial charge in [-0.25, -0.2) is 19.9 Å². The van der Waals surface area contributed by atoms with Crippen LogP contribution in [0.5, 0.6) is 0 Å². The van der Waals surface area contributed by atoms with Crippen LogP contribution in [-0.2, 0) is 6.42 Å². The fraction of sp³-hybridized carbons (Fsp3) is 0.0714. The summed E-state index contributed by atoms with van der Waals surface area (Å²) in [6.45, 7) is 4.28. The summed E-state index contributed by atoms with van der Waals surface area (Å²) in [5.74, 6) is 1.89. The van der Waals surface area contributed by atoms with Crippen LogP contribution in [0, 0.1) is 6.92 Å². The zero-order valence-electron chi connectivity index (χ0n) is 26.2. The highest BCUT2D eigenvalue weighted by Gasteiger charge is 2.14. The van der Waals surface area contributed by atoms with E-state index in [1.807, 2.05) is 36.4 Å². The second kappa shape index (κ2) is 12.0. The number of hydrogen-bond donors (Lipinski definition) is 0. The van der Waals surface area contributed by atoms with E-state index in [1.165, 1.54) is 11.1 Å². The molecule has 0 aliphatic heterocycles. The summed E-state index contributed by atoms with van der Waals surface area (Å²) in [4.78, 5) is 24.9. The van der Waals surface area contributed by atoms with Gasteiger partial charge in [0.2, 0.25) is 0 Å². The van der Waals surface area contributed by atoms with Gasteiger partial charge in [0.25, 0.3) is 0 Å². The van der Waals surface area contributed by atoms with E-state index < -0.39 is 0 Å². The van der Waals surface area contributed by atoms with Crippen LogP contribution in [0.25, 0.3) is 78.4 Å². The molecule has 5 nitrogen and oxygen atoms in total. The third kappa shape index (κ3) is 5.53. The topological polar surface area (TPSA) is 64.5 Å². The van der Waals surface area contributed by atoms with Gasteiger partial charge in [-0.05, 0) is 42.2 Å². The molecule has 224 valence electrons. The monoisotopic (exact) mass is 605 g/mol. The van der Waals surface area contributed by atoms with Crippen LogP contribution in [0.15, 0.2) is 140 Å². The van der Waals surface area contributed by atoms with Gasteiger partial charge < -0.3 is 0 Å². The minimum absolute atomic E-state index is 0.622. The van der Waals surface area contributed by atoms with E-state index in [0.717, 1.165) is 67.4 Å². The lowest BCUT2D eigenvalue weighted by Gasteiger charge is -2.11. The molecule has 0 aliphatic carbocycles. The van der Waals surface area contributed by atoms with Crippen molar-refractivity contribution in [1.29, 1.82) is 0 Å². The molecule has 3 heterocycles. The molecule has 3 aromatic heterocycles. The number of fused-ring (bicyclic) bond motifs is 3. The molecule has 0 radical (unpaired) electrons. The Kier molecular flexibility index (Phi) is 7.27. The SMILES string of the molecule is CCc1cc(C)c2ccc3ccc(-c4ccc(-c5nc(-c6ccccc6)nc(-c6ccc(-c7ccccc7)cc6)n5)cc4)nc3c2n1. The van der Waals surface area contributed by atoms with E-state index in [0.29, 0.717) is 17.5 Å². The summed E-state index contributed by atoms with van der Waals surface area (Å²) in [5.41, 5.74) is 11.2. The Morgan fingerprint density at radius 1 is 0.426 bits per heavy atom. The average molecular weight is 606 g/mol. The quantitative estimate of drug-likeness (QED) is 0.177. The molecule has 0 N–H and O–H groups in total. The summed E-state index contributed by atoms with van der Waals surface area (Å²) < 4.78 is 0. The van der Waals surface area contributed by atoms with Crippen LogP contribution >= 0.6 is 0 Å². The number of nitrogens with zero attached hydrogens (tertiary/aromatic N) is 5. The first-order chi connectivity index (χ1) is 23.1. The molecule has 0 unspecified atom stereocenters. The van der Waals surface area contributed by atoms with Crippen LogP contribution in [0.2, 0.25) is 0 Å². The fourth-order valence-electron chi connectivity index (χ4n) is 6.03. The Labute approximate surface area is 273 Å². The van der Waals surface area contributed by atoms with E-state index in [1.54, 1.807) is 0 Å². The number of aryl methyl sites for hydroxylation is 2. The van der Waals surface area contributed by atoms with Gasteiger partial charge in [-0.15, -0.1) is 0 Å². The van der Waals surface area contributed by atoms with E-state index in [-0.39, 0.29) is 0 Å². The molecular formula is C42H31N5. The summed E-state index contributed by atoms with van der Waals surface area (Å²) in [6.07, 6.45) is 0.887. The summed E-state index contributed by atoms with van der Waals surface area (Å²) >= 11 is 0. The van der Waals surface area contributed by atoms with Gasteiger partial charge >= 0.3 is 0 Å². The molecule has 0 fully saturated rings. The van der Waals surface area contributed by atoms with Crippen molar-refractivity contribution in [2.45, 2.75) is 20.3 Å². The zero-order chi connectivity index (χ0) is 31.7. The Morgan fingerprint density at radius 2 is 0.915 bits per heavy atom. The second-order valence-electron chi connectivity index (χ2n) is 11.7. The third-order valence-corrected chi connectivity index (χ3v) is 8.62. The molecule has 0 atom stereocenters. The molecule has 0 amide bonds. The molecule has 47 heavy (non-hydrogen) atoms. The maximum absolute atomic E-state index is 5.13. The molecule has 0 bridgehead atoms. The van der Waals surface area contributed by atoms with Gasteiger partial charge in [0.1, 0.15) is 0 Å². The van der Waals surface area contributed by atoms with Gasteiger partial charge in [0.05, 0.1) is 16.7 Å². The Balaban J connectivity index is 1.18. The summed E-state index contributed by atoms with van der Waals surface area (Å²) in [6, 6.07) is 47.8. The lowest BCUT2D eigenvalue weighted by atomic mass is 10.0. The Bertz CT molecular complexity index is 2370. The summed E-state index contributed by atoms with van der Waals surface area (Å²) in [7, 11) is 0. The predicted octanol–water partition coefficient (Wildman–Crippen LogP) is 10.2. The first kappa shape index (κ1) is 28.4. The van der Waals surface area contributed by atoms with Crippen molar-refractivity contribution in [3.8, 4) is 56.5 Å². The number of benzene rings is 5. The molecule has 8 rings (SSSR count). The van der Waals surface area contributed by atoms with Crippen LogP contribution in [-0.4, -0.2) is 24.9 Å². The normalized spacial score (nSPS) is 11.3. The van der Waals surface area contributed by atoms with E-state index >= 15 is 0 Å². The highest BCUT2D eigenvalue weighted by atomic mass is 15.0. The van der Waals surface area contributed by atoms with Crippen molar-refractivity contribution >= 4 is 21.8 Å². The van der Waals surface area contributed by atoms with Gasteiger partial charge in [0.15, 0.2) is 17.5 Å². The number of aromatic nitrogens is 5. The van der Waals surface area contributed by atoms with Crippen LogP contribution in [0.4, 0.5) is 0 Å². The van der Waals surface area contributed by atoms with Crippen molar-refractivity contribution in [3.63, 3.8) is 0 Å². The Morgan fingerprint density at radius 3 is 1.51 bits per heavy atom. The standard InChI is InChI=1S/C42H31N5/c1-3-35-26-27(2)36-24-22-31-23-25-37(44-38(31)39(36)43-35)30-16-20-34(21-17-30)42-46-40(32-12-8-5-9-13-32)45-41(47-42)33-18-14-29(15-19-33)28-10-6-4-7-11-28/h4-26H,3H2,1-2H3. The lowest BCUT2D eigenvalue weighted by Crippen LogP contribution is -2.00. The highest BCUT2D eigenvalue weighted by molar-refractivity contribution is 6.04. The average Bonchev–Trinajstić information content (AvgIpc) is 3.15. The highest BCUT2D eigenvalue weighted by Crippen LogP contribution is 2.31. The van der Waals surface area contributed by atoms with Gasteiger partial charge in [-0.3, -0.25) is 4.98 Å². The van der Waals surface area contributed by atoms with Crippen molar-refractivity contribution in [1.82, 2.24) is 24.9 Å². The maximum Gasteiger partial charge on any atom is 0.164 e. The first-order valence-corrected chi connectivity index (χ1v) is 15.9. The van der Waals surface area contributed by atoms with Crippen LogP contribution in [0.1, 0.15) is 18.2 Å². The van der Waals surface area contributed by atoms with E-state index in [2.05, 4.69) is 117 Å². The molecule has 8 aromatic rings. The Hall–Kier alpha value is -6.07. The van der Waals surface area contributed by atoms with Gasteiger partial charge in [-0.2, -0.15) is 0 Å². The van der Waals surface area contributed by atoms with Gasteiger partial charge in [-0.1, -0.05) is 134 Å². The minimum atomic E-state index is 0.622. The fourth-order valence-corrected chi connectivity index (χ4v) is 6.03. The molecule has 0 saturated carbocycles. The van der Waals surface area contributed by atoms with Crippen molar-refractivity contribution in [2.24, 2.45) is 0 Å². The molecule has 0 saturated heterocycles. The molecular weight excluding hydrogens is 574 g/mol. The number of hydrogen-bond acceptors (Lipinski definition) is 5. The molecule has 0 aliphatic rings. The first-order valence-electron chi connectivity index (χ1n) is 15.9. The van der Waals surface area contributed by atoms with Crippen molar-refractivity contribution < 1.29 is 0 Å². The van der Waals surface area contributed by atoms with Crippen LogP contribution < -0.4 is 0 Å². The molecule has 5 aromatic carbocycles. The zero-order valence-corrected chi connectivity index (χ0v) is 26.2. The molecule has 0 spiro atoms. The lowest BCUT2D eigenvalue weighted by molar-refractivity contribution is 1.05. The number of pyridine rings is 2. The van der Waals surface area contributed by atoms with Crippen molar-refractivity contribution in [2.75, 3.05) is 0 Å². The summed E-state index contributed by atoms with van der Waals surface area (Å²) in [5, 5.41) is 2.23. The maximum atomic E-state index is 5.13. The van der Waals surface area contributed by atoms with Gasteiger partial charge in [0, 0.05) is 38.7 Å². The van der Waals surface area contributed by atoms with E-state index in [9.17, 15) is 0 Å². The number of rotatable bonds is 6. The minimum Gasteiger partial charge on any atom is -0.251 e. The smallest absolute Gasteiger partial charge is 0.164 e. The van der Waals surface area contributed by atoms with E-state index in [4.69, 9.17) is 24.9 Å². The second-order valence-corrected chi connectivity index (χ2v) is 11.7. The largest absolute Gasteiger partial charge is 0.251 e.